The minimum absolute atomic E-state index is 0.124. The van der Waals surface area contributed by atoms with E-state index in [0.29, 0.717) is 12.3 Å². The Bertz CT molecular complexity index is 451. The highest BCUT2D eigenvalue weighted by Gasteiger charge is 2.39. The third-order valence-corrected chi connectivity index (χ3v) is 5.30. The summed E-state index contributed by atoms with van der Waals surface area (Å²) in [6, 6.07) is 3.68. The SMILES string of the molecule is CC(CN)S(=O)(=O)N(Cc1ccco1)C1CC1. The molecule has 0 aliphatic heterocycles. The van der Waals surface area contributed by atoms with E-state index in [-0.39, 0.29) is 12.6 Å². The van der Waals surface area contributed by atoms with Crippen molar-refractivity contribution >= 4 is 10.0 Å². The molecule has 1 fully saturated rings. The van der Waals surface area contributed by atoms with Crippen LogP contribution in [0.5, 0.6) is 0 Å². The highest BCUT2D eigenvalue weighted by molar-refractivity contribution is 7.89. The zero-order valence-electron chi connectivity index (χ0n) is 9.87. The lowest BCUT2D eigenvalue weighted by molar-refractivity contribution is 0.353. The van der Waals surface area contributed by atoms with E-state index in [1.807, 2.05) is 0 Å². The Labute approximate surface area is 102 Å². The number of nitrogens with two attached hydrogens (primary N) is 1. The van der Waals surface area contributed by atoms with Gasteiger partial charge >= 0.3 is 0 Å². The molecule has 2 N–H and O–H groups in total. The zero-order chi connectivity index (χ0) is 12.5. The molecule has 1 unspecified atom stereocenters. The highest BCUT2D eigenvalue weighted by Crippen LogP contribution is 2.32. The third kappa shape index (κ3) is 2.70. The van der Waals surface area contributed by atoms with Crippen LogP contribution < -0.4 is 5.73 Å². The molecule has 0 aromatic carbocycles. The molecule has 1 heterocycles. The number of nitrogens with zero attached hydrogens (tertiary/aromatic N) is 1. The van der Waals surface area contributed by atoms with E-state index in [9.17, 15) is 8.42 Å². The molecule has 1 atom stereocenters. The van der Waals surface area contributed by atoms with Gasteiger partial charge in [0.05, 0.1) is 18.1 Å². The summed E-state index contributed by atoms with van der Waals surface area (Å²) in [7, 11) is -3.32. The van der Waals surface area contributed by atoms with Crippen molar-refractivity contribution in [3.63, 3.8) is 0 Å². The Hall–Kier alpha value is -0.850. The smallest absolute Gasteiger partial charge is 0.218 e. The van der Waals surface area contributed by atoms with Gasteiger partial charge in [0.15, 0.2) is 0 Å². The number of furan rings is 1. The Morgan fingerprint density at radius 2 is 2.29 bits per heavy atom. The fourth-order valence-corrected chi connectivity index (χ4v) is 3.34. The Morgan fingerprint density at radius 1 is 1.59 bits per heavy atom. The predicted octanol–water partition coefficient (Wildman–Crippen LogP) is 0.921. The van der Waals surface area contributed by atoms with E-state index in [0.717, 1.165) is 12.8 Å². The van der Waals surface area contributed by atoms with E-state index < -0.39 is 15.3 Å². The normalized spacial score (nSPS) is 18.5. The van der Waals surface area contributed by atoms with Crippen LogP contribution >= 0.6 is 0 Å². The molecule has 0 amide bonds. The molecule has 2 rings (SSSR count). The van der Waals surface area contributed by atoms with Crippen LogP contribution in [0.25, 0.3) is 0 Å². The second-order valence-electron chi connectivity index (χ2n) is 4.45. The molecule has 0 spiro atoms. The molecular formula is C11H18N2O3S. The van der Waals surface area contributed by atoms with E-state index in [1.54, 1.807) is 25.3 Å². The first-order valence-electron chi connectivity index (χ1n) is 5.79. The number of hydrogen-bond donors (Lipinski definition) is 1. The van der Waals surface area contributed by atoms with Crippen molar-refractivity contribution < 1.29 is 12.8 Å². The van der Waals surface area contributed by atoms with E-state index in [4.69, 9.17) is 10.2 Å². The lowest BCUT2D eigenvalue weighted by Gasteiger charge is -2.24. The maximum Gasteiger partial charge on any atom is 0.218 e. The van der Waals surface area contributed by atoms with Gasteiger partial charge in [0, 0.05) is 12.6 Å². The molecule has 96 valence electrons. The molecule has 1 saturated carbocycles. The first kappa shape index (κ1) is 12.6. The Balaban J connectivity index is 2.17. The van der Waals surface area contributed by atoms with Crippen LogP contribution in [0.3, 0.4) is 0 Å². The monoisotopic (exact) mass is 258 g/mol. The summed E-state index contributed by atoms with van der Waals surface area (Å²) < 4.78 is 31.3. The minimum Gasteiger partial charge on any atom is -0.468 e. The van der Waals surface area contributed by atoms with Crippen LogP contribution in [0.15, 0.2) is 22.8 Å². The largest absolute Gasteiger partial charge is 0.468 e. The summed E-state index contributed by atoms with van der Waals surface area (Å²) in [6.07, 6.45) is 3.41. The van der Waals surface area contributed by atoms with Gasteiger partial charge in [-0.3, -0.25) is 0 Å². The van der Waals surface area contributed by atoms with E-state index in [2.05, 4.69) is 0 Å². The number of rotatable bonds is 6. The summed E-state index contributed by atoms with van der Waals surface area (Å²) >= 11 is 0. The average Bonchev–Trinajstić information content (AvgIpc) is 3.01. The van der Waals surface area contributed by atoms with Crippen LogP contribution in [0.4, 0.5) is 0 Å². The van der Waals surface area contributed by atoms with Gasteiger partial charge in [-0.25, -0.2) is 8.42 Å². The van der Waals surface area contributed by atoms with E-state index >= 15 is 0 Å². The van der Waals surface area contributed by atoms with Crippen molar-refractivity contribution in [2.24, 2.45) is 5.73 Å². The second-order valence-corrected chi connectivity index (χ2v) is 6.75. The van der Waals surface area contributed by atoms with Crippen molar-refractivity contribution in [2.75, 3.05) is 6.54 Å². The van der Waals surface area contributed by atoms with Gasteiger partial charge in [-0.1, -0.05) is 0 Å². The van der Waals surface area contributed by atoms with Crippen molar-refractivity contribution in [1.29, 1.82) is 0 Å². The van der Waals surface area contributed by atoms with Crippen molar-refractivity contribution in [2.45, 2.75) is 37.6 Å². The van der Waals surface area contributed by atoms with Gasteiger partial charge in [0.25, 0.3) is 0 Å². The Morgan fingerprint density at radius 3 is 2.76 bits per heavy atom. The lowest BCUT2D eigenvalue weighted by atomic mass is 10.4. The Kier molecular flexibility index (Phi) is 3.56. The van der Waals surface area contributed by atoms with Crippen LogP contribution in [-0.4, -0.2) is 30.6 Å². The summed E-state index contributed by atoms with van der Waals surface area (Å²) in [5, 5.41) is -0.543. The number of sulfonamides is 1. The molecule has 1 aliphatic rings. The van der Waals surface area contributed by atoms with E-state index in [1.165, 1.54) is 4.31 Å². The second kappa shape index (κ2) is 4.80. The standard InChI is InChI=1S/C11H18N2O3S/c1-9(7-12)17(14,15)13(10-4-5-10)8-11-3-2-6-16-11/h2-3,6,9-10H,4-5,7-8,12H2,1H3. The maximum atomic E-state index is 12.3. The molecule has 0 saturated heterocycles. The van der Waals surface area contributed by atoms with Crippen LogP contribution in [0, 0.1) is 0 Å². The van der Waals surface area contributed by atoms with Gasteiger partial charge in [0.2, 0.25) is 10.0 Å². The number of hydrogen-bond acceptors (Lipinski definition) is 4. The molecule has 1 aliphatic carbocycles. The van der Waals surface area contributed by atoms with Crippen LogP contribution in [-0.2, 0) is 16.6 Å². The fraction of sp³-hybridized carbons (Fsp3) is 0.636. The van der Waals surface area contributed by atoms with Gasteiger partial charge < -0.3 is 10.2 Å². The fourth-order valence-electron chi connectivity index (χ4n) is 1.70. The van der Waals surface area contributed by atoms with Gasteiger partial charge in [-0.2, -0.15) is 4.31 Å². The lowest BCUT2D eigenvalue weighted by Crippen LogP contribution is -2.41. The predicted molar refractivity (Wildman–Crippen MR) is 64.7 cm³/mol. The van der Waals surface area contributed by atoms with Gasteiger partial charge in [-0.15, -0.1) is 0 Å². The van der Waals surface area contributed by atoms with Crippen molar-refractivity contribution in [1.82, 2.24) is 4.31 Å². The quantitative estimate of drug-likeness (QED) is 0.823. The van der Waals surface area contributed by atoms with Gasteiger partial charge in [-0.05, 0) is 31.9 Å². The first-order valence-corrected chi connectivity index (χ1v) is 7.29. The summed E-state index contributed by atoms with van der Waals surface area (Å²) in [5.74, 6) is 0.671. The minimum atomic E-state index is -3.32. The molecule has 5 nitrogen and oxygen atoms in total. The molecule has 6 heteroatoms. The molecule has 1 aromatic rings. The average molecular weight is 258 g/mol. The van der Waals surface area contributed by atoms with Gasteiger partial charge in [0.1, 0.15) is 5.76 Å². The molecule has 17 heavy (non-hydrogen) atoms. The topological polar surface area (TPSA) is 76.5 Å². The maximum absolute atomic E-state index is 12.3. The summed E-state index contributed by atoms with van der Waals surface area (Å²) in [4.78, 5) is 0. The molecular weight excluding hydrogens is 240 g/mol. The van der Waals surface area contributed by atoms with Crippen molar-refractivity contribution in [3.05, 3.63) is 24.2 Å². The first-order chi connectivity index (χ1) is 8.05. The van der Waals surface area contributed by atoms with Crippen molar-refractivity contribution in [3.8, 4) is 0 Å². The molecule has 1 aromatic heterocycles. The van der Waals surface area contributed by atoms with Crippen LogP contribution in [0.2, 0.25) is 0 Å². The highest BCUT2D eigenvalue weighted by atomic mass is 32.2. The summed E-state index contributed by atoms with van der Waals surface area (Å²) in [5.41, 5.74) is 5.46. The molecule has 0 radical (unpaired) electrons. The third-order valence-electron chi connectivity index (χ3n) is 3.01. The molecule has 0 bridgehead atoms. The van der Waals surface area contributed by atoms with Crippen LogP contribution in [0.1, 0.15) is 25.5 Å². The summed E-state index contributed by atoms with van der Waals surface area (Å²) in [6.45, 7) is 2.10. The zero-order valence-corrected chi connectivity index (χ0v) is 10.7.